The molecule has 0 saturated heterocycles. The molecule has 0 aliphatic carbocycles. The second-order valence-corrected chi connectivity index (χ2v) is 4.48. The topological polar surface area (TPSA) is 12.0 Å². The molecule has 0 amide bonds. The van der Waals surface area contributed by atoms with Gasteiger partial charge in [-0.15, -0.1) is 0 Å². The number of hydrogen-bond acceptors (Lipinski definition) is 2. The quantitative estimate of drug-likeness (QED) is 0.710. The molecule has 0 unspecified atom stereocenters. The summed E-state index contributed by atoms with van der Waals surface area (Å²) in [5, 5.41) is 3.41. The Kier molecular flexibility index (Phi) is 6.21. The summed E-state index contributed by atoms with van der Waals surface area (Å²) in [4.78, 5) is 0. The third-order valence-electron chi connectivity index (χ3n) is 2.22. The van der Waals surface area contributed by atoms with Crippen LogP contribution in [0.4, 0.5) is 0 Å². The molecule has 0 heterocycles. The molecule has 0 aromatic heterocycles. The molecule has 0 fully saturated rings. The lowest BCUT2D eigenvalue weighted by Crippen LogP contribution is -2.18. The van der Waals surface area contributed by atoms with E-state index in [4.69, 9.17) is 0 Å². The summed E-state index contributed by atoms with van der Waals surface area (Å²) in [6, 6.07) is 10.3. The first kappa shape index (κ1) is 12.3. The molecule has 0 spiro atoms. The highest BCUT2D eigenvalue weighted by atomic mass is 32.2. The average Bonchev–Trinajstić information content (AvgIpc) is 2.30. The number of thioether (sulfide) groups is 1. The summed E-state index contributed by atoms with van der Waals surface area (Å²) in [7, 11) is 0. The standard InChI is InChI=1S/C13H19NS/c1-12(11-14-9-6-10-15-2)13-7-4-3-5-8-13/h3-5,7-8,14H,1,6,9-11H2,2H3. The van der Waals surface area contributed by atoms with Crippen molar-refractivity contribution in [2.75, 3.05) is 25.1 Å². The van der Waals surface area contributed by atoms with Gasteiger partial charge in [0.25, 0.3) is 0 Å². The minimum atomic E-state index is 0.887. The molecule has 0 aliphatic rings. The van der Waals surface area contributed by atoms with Gasteiger partial charge in [-0.1, -0.05) is 36.9 Å². The van der Waals surface area contributed by atoms with E-state index in [0.29, 0.717) is 0 Å². The van der Waals surface area contributed by atoms with Crippen LogP contribution in [0.25, 0.3) is 5.57 Å². The summed E-state index contributed by atoms with van der Waals surface area (Å²) in [5.41, 5.74) is 2.40. The van der Waals surface area contributed by atoms with Gasteiger partial charge in [0.15, 0.2) is 0 Å². The first-order valence-electron chi connectivity index (χ1n) is 5.27. The zero-order valence-corrected chi connectivity index (χ0v) is 10.1. The lowest BCUT2D eigenvalue weighted by molar-refractivity contribution is 0.740. The Morgan fingerprint density at radius 1 is 1.33 bits per heavy atom. The van der Waals surface area contributed by atoms with E-state index in [2.05, 4.69) is 30.3 Å². The maximum Gasteiger partial charge on any atom is 0.0205 e. The SMILES string of the molecule is C=C(CNCCCSC)c1ccccc1. The van der Waals surface area contributed by atoms with Crippen LogP contribution in [0.2, 0.25) is 0 Å². The van der Waals surface area contributed by atoms with Crippen LogP contribution in [-0.2, 0) is 0 Å². The van der Waals surface area contributed by atoms with Gasteiger partial charge in [0.1, 0.15) is 0 Å². The monoisotopic (exact) mass is 221 g/mol. The van der Waals surface area contributed by atoms with Gasteiger partial charge in [0.05, 0.1) is 0 Å². The fourth-order valence-electron chi connectivity index (χ4n) is 1.36. The Balaban J connectivity index is 2.20. The molecule has 0 bridgehead atoms. The van der Waals surface area contributed by atoms with Gasteiger partial charge in [-0.05, 0) is 36.1 Å². The number of rotatable bonds is 7. The molecule has 0 radical (unpaired) electrons. The predicted octanol–water partition coefficient (Wildman–Crippen LogP) is 3.04. The Morgan fingerprint density at radius 3 is 2.73 bits per heavy atom. The van der Waals surface area contributed by atoms with Gasteiger partial charge in [-0.25, -0.2) is 0 Å². The van der Waals surface area contributed by atoms with Crippen molar-refractivity contribution in [3.05, 3.63) is 42.5 Å². The van der Waals surface area contributed by atoms with Gasteiger partial charge in [-0.3, -0.25) is 0 Å². The lowest BCUT2D eigenvalue weighted by atomic mass is 10.1. The largest absolute Gasteiger partial charge is 0.313 e. The lowest BCUT2D eigenvalue weighted by Gasteiger charge is -2.07. The van der Waals surface area contributed by atoms with Crippen molar-refractivity contribution in [1.82, 2.24) is 5.32 Å². The van der Waals surface area contributed by atoms with E-state index in [9.17, 15) is 0 Å². The van der Waals surface area contributed by atoms with Crippen LogP contribution in [0.5, 0.6) is 0 Å². The van der Waals surface area contributed by atoms with Crippen molar-refractivity contribution >= 4 is 17.3 Å². The smallest absolute Gasteiger partial charge is 0.0205 e. The zero-order chi connectivity index (χ0) is 10.9. The molecule has 1 N–H and O–H groups in total. The Morgan fingerprint density at radius 2 is 2.07 bits per heavy atom. The molecule has 1 nitrogen and oxygen atoms in total. The van der Waals surface area contributed by atoms with E-state index in [1.807, 2.05) is 30.0 Å². The molecule has 2 heteroatoms. The third-order valence-corrected chi connectivity index (χ3v) is 2.92. The number of hydrogen-bond donors (Lipinski definition) is 1. The van der Waals surface area contributed by atoms with E-state index < -0.39 is 0 Å². The molecule has 0 aliphatic heterocycles. The molecule has 82 valence electrons. The van der Waals surface area contributed by atoms with Crippen LogP contribution in [0.3, 0.4) is 0 Å². The van der Waals surface area contributed by atoms with Gasteiger partial charge < -0.3 is 5.32 Å². The predicted molar refractivity (Wildman–Crippen MR) is 71.3 cm³/mol. The Hall–Kier alpha value is -0.730. The maximum atomic E-state index is 4.08. The fourth-order valence-corrected chi connectivity index (χ4v) is 1.79. The second kappa shape index (κ2) is 7.55. The highest BCUT2D eigenvalue weighted by Gasteiger charge is 1.96. The number of nitrogens with one attached hydrogen (secondary N) is 1. The first-order valence-corrected chi connectivity index (χ1v) is 6.67. The zero-order valence-electron chi connectivity index (χ0n) is 9.33. The van der Waals surface area contributed by atoms with Gasteiger partial charge >= 0.3 is 0 Å². The normalized spacial score (nSPS) is 10.2. The van der Waals surface area contributed by atoms with Gasteiger partial charge in [0.2, 0.25) is 0 Å². The molecule has 1 rings (SSSR count). The van der Waals surface area contributed by atoms with Crippen molar-refractivity contribution < 1.29 is 0 Å². The molecular weight excluding hydrogens is 202 g/mol. The summed E-state index contributed by atoms with van der Waals surface area (Å²) in [5.74, 6) is 1.23. The molecule has 0 atom stereocenters. The van der Waals surface area contributed by atoms with Crippen molar-refractivity contribution in [2.45, 2.75) is 6.42 Å². The van der Waals surface area contributed by atoms with E-state index >= 15 is 0 Å². The van der Waals surface area contributed by atoms with Crippen LogP contribution in [-0.4, -0.2) is 25.1 Å². The molecular formula is C13H19NS. The van der Waals surface area contributed by atoms with E-state index in [1.165, 1.54) is 23.3 Å². The van der Waals surface area contributed by atoms with E-state index in [-0.39, 0.29) is 0 Å². The van der Waals surface area contributed by atoms with Crippen molar-refractivity contribution in [2.24, 2.45) is 0 Å². The summed E-state index contributed by atoms with van der Waals surface area (Å²) in [6.07, 6.45) is 3.37. The van der Waals surface area contributed by atoms with E-state index in [0.717, 1.165) is 13.1 Å². The third kappa shape index (κ3) is 5.05. The fraction of sp³-hybridized carbons (Fsp3) is 0.385. The Labute approximate surface area is 97.0 Å². The summed E-state index contributed by atoms with van der Waals surface area (Å²) >= 11 is 1.89. The summed E-state index contributed by atoms with van der Waals surface area (Å²) in [6.45, 7) is 6.04. The second-order valence-electron chi connectivity index (χ2n) is 3.49. The van der Waals surface area contributed by atoms with Crippen molar-refractivity contribution in [3.8, 4) is 0 Å². The van der Waals surface area contributed by atoms with E-state index in [1.54, 1.807) is 0 Å². The van der Waals surface area contributed by atoms with Crippen LogP contribution in [0.1, 0.15) is 12.0 Å². The Bertz CT molecular complexity index is 282. The van der Waals surface area contributed by atoms with Crippen molar-refractivity contribution in [1.29, 1.82) is 0 Å². The van der Waals surface area contributed by atoms with Gasteiger partial charge in [-0.2, -0.15) is 11.8 Å². The molecule has 1 aromatic carbocycles. The molecule has 1 aromatic rings. The maximum absolute atomic E-state index is 4.08. The minimum Gasteiger partial charge on any atom is -0.313 e. The molecule has 15 heavy (non-hydrogen) atoms. The number of benzene rings is 1. The van der Waals surface area contributed by atoms with Gasteiger partial charge in [0, 0.05) is 6.54 Å². The first-order chi connectivity index (χ1) is 7.34. The summed E-state index contributed by atoms with van der Waals surface area (Å²) < 4.78 is 0. The van der Waals surface area contributed by atoms with Crippen molar-refractivity contribution in [3.63, 3.8) is 0 Å². The van der Waals surface area contributed by atoms with Crippen LogP contribution in [0.15, 0.2) is 36.9 Å². The van der Waals surface area contributed by atoms with Crippen LogP contribution >= 0.6 is 11.8 Å². The highest BCUT2D eigenvalue weighted by molar-refractivity contribution is 7.98. The van der Waals surface area contributed by atoms with Crippen LogP contribution < -0.4 is 5.32 Å². The van der Waals surface area contributed by atoms with Crippen LogP contribution in [0, 0.1) is 0 Å². The molecule has 0 saturated carbocycles. The average molecular weight is 221 g/mol. The minimum absolute atomic E-state index is 0.887. The highest BCUT2D eigenvalue weighted by Crippen LogP contribution is 2.09.